The van der Waals surface area contributed by atoms with Gasteiger partial charge in [0.2, 0.25) is 0 Å². The van der Waals surface area contributed by atoms with Gasteiger partial charge < -0.3 is 14.8 Å². The highest BCUT2D eigenvalue weighted by molar-refractivity contribution is 9.08. The van der Waals surface area contributed by atoms with Crippen molar-refractivity contribution in [2.75, 3.05) is 19.8 Å². The number of benzene rings is 1. The van der Waals surface area contributed by atoms with Crippen LogP contribution in [0.5, 0.6) is 0 Å². The third kappa shape index (κ3) is 3.80. The van der Waals surface area contributed by atoms with Crippen LogP contribution >= 0.6 is 15.9 Å². The quantitative estimate of drug-likeness (QED) is 0.859. The predicted octanol–water partition coefficient (Wildman–Crippen LogP) is 1.61. The SMILES string of the molecule is O=C(NCc1cccc(CBr)c1)C1COCCO1. The number of ether oxygens (including phenoxy) is 2. The third-order valence-corrected chi connectivity index (χ3v) is 3.37. The first-order chi connectivity index (χ1) is 8.79. The molecular formula is C13H16BrNO3. The molecule has 4 nitrogen and oxygen atoms in total. The zero-order valence-electron chi connectivity index (χ0n) is 10.0. The maximum absolute atomic E-state index is 11.8. The molecule has 1 saturated heterocycles. The Kier molecular flexibility index (Phi) is 5.16. The molecule has 1 aromatic carbocycles. The number of halogens is 1. The summed E-state index contributed by atoms with van der Waals surface area (Å²) in [6.45, 7) is 1.90. The average molecular weight is 314 g/mol. The molecule has 1 amide bonds. The Balaban J connectivity index is 1.84. The first-order valence-electron chi connectivity index (χ1n) is 5.90. The number of carbonyl (C=O) groups excluding carboxylic acids is 1. The maximum Gasteiger partial charge on any atom is 0.251 e. The molecule has 0 saturated carbocycles. The molecule has 5 heteroatoms. The van der Waals surface area contributed by atoms with Crippen LogP contribution in [0.1, 0.15) is 11.1 Å². The number of hydrogen-bond acceptors (Lipinski definition) is 3. The summed E-state index contributed by atoms with van der Waals surface area (Å²) in [5, 5.41) is 3.67. The molecule has 1 fully saturated rings. The van der Waals surface area contributed by atoms with Gasteiger partial charge in [0.1, 0.15) is 0 Å². The number of nitrogens with one attached hydrogen (secondary N) is 1. The number of rotatable bonds is 4. The Bertz CT molecular complexity index is 405. The van der Waals surface area contributed by atoms with Crippen molar-refractivity contribution in [3.8, 4) is 0 Å². The smallest absolute Gasteiger partial charge is 0.251 e. The van der Waals surface area contributed by atoms with Crippen LogP contribution in [0.2, 0.25) is 0 Å². The first kappa shape index (κ1) is 13.5. The van der Waals surface area contributed by atoms with E-state index in [1.54, 1.807) is 0 Å². The van der Waals surface area contributed by atoms with Crippen LogP contribution in [0.25, 0.3) is 0 Å². The fourth-order valence-corrected chi connectivity index (χ4v) is 2.11. The molecular weight excluding hydrogens is 298 g/mol. The zero-order chi connectivity index (χ0) is 12.8. The van der Waals surface area contributed by atoms with Gasteiger partial charge in [0.05, 0.1) is 19.8 Å². The van der Waals surface area contributed by atoms with Gasteiger partial charge in [-0.05, 0) is 11.1 Å². The molecule has 2 rings (SSSR count). The van der Waals surface area contributed by atoms with E-state index in [-0.39, 0.29) is 5.91 Å². The molecule has 0 aromatic heterocycles. The molecule has 0 aliphatic carbocycles. The number of alkyl halides is 1. The topological polar surface area (TPSA) is 47.6 Å². The van der Waals surface area contributed by atoms with E-state index < -0.39 is 6.10 Å². The summed E-state index contributed by atoms with van der Waals surface area (Å²) in [6, 6.07) is 8.08. The fourth-order valence-electron chi connectivity index (χ4n) is 1.76. The van der Waals surface area contributed by atoms with Gasteiger partial charge >= 0.3 is 0 Å². The van der Waals surface area contributed by atoms with E-state index in [9.17, 15) is 4.79 Å². The molecule has 98 valence electrons. The molecule has 1 aliphatic rings. The van der Waals surface area contributed by atoms with Crippen molar-refractivity contribution in [1.82, 2.24) is 5.32 Å². The van der Waals surface area contributed by atoms with E-state index in [0.29, 0.717) is 26.4 Å². The Morgan fingerprint density at radius 1 is 1.39 bits per heavy atom. The maximum atomic E-state index is 11.8. The van der Waals surface area contributed by atoms with Gasteiger partial charge in [-0.15, -0.1) is 0 Å². The van der Waals surface area contributed by atoms with E-state index in [2.05, 4.69) is 27.3 Å². The lowest BCUT2D eigenvalue weighted by molar-refractivity contribution is -0.147. The largest absolute Gasteiger partial charge is 0.376 e. The van der Waals surface area contributed by atoms with E-state index in [1.807, 2.05) is 18.2 Å². The Labute approximate surface area is 115 Å². The van der Waals surface area contributed by atoms with Crippen molar-refractivity contribution in [2.24, 2.45) is 0 Å². The summed E-state index contributed by atoms with van der Waals surface area (Å²) in [6.07, 6.45) is -0.474. The molecule has 0 radical (unpaired) electrons. The van der Waals surface area contributed by atoms with Crippen LogP contribution in [-0.2, 0) is 26.1 Å². The minimum absolute atomic E-state index is 0.112. The van der Waals surface area contributed by atoms with Gasteiger partial charge in [-0.1, -0.05) is 40.2 Å². The molecule has 1 heterocycles. The molecule has 0 spiro atoms. The van der Waals surface area contributed by atoms with Gasteiger partial charge in [-0.2, -0.15) is 0 Å². The normalized spacial score (nSPS) is 19.5. The van der Waals surface area contributed by atoms with Crippen molar-refractivity contribution in [1.29, 1.82) is 0 Å². The molecule has 1 atom stereocenters. The van der Waals surface area contributed by atoms with Crippen molar-refractivity contribution >= 4 is 21.8 Å². The van der Waals surface area contributed by atoms with Gasteiger partial charge in [0.25, 0.3) is 5.91 Å². The van der Waals surface area contributed by atoms with E-state index in [0.717, 1.165) is 10.9 Å². The Morgan fingerprint density at radius 2 is 2.22 bits per heavy atom. The first-order valence-corrected chi connectivity index (χ1v) is 7.02. The lowest BCUT2D eigenvalue weighted by atomic mass is 10.1. The van der Waals surface area contributed by atoms with Gasteiger partial charge in [-0.3, -0.25) is 4.79 Å². The Morgan fingerprint density at radius 3 is 2.94 bits per heavy atom. The van der Waals surface area contributed by atoms with Crippen LogP contribution in [-0.4, -0.2) is 31.8 Å². The van der Waals surface area contributed by atoms with Gasteiger partial charge in [0.15, 0.2) is 6.10 Å². The summed E-state index contributed by atoms with van der Waals surface area (Å²) in [7, 11) is 0. The Hall–Kier alpha value is -0.910. The summed E-state index contributed by atoms with van der Waals surface area (Å²) in [4.78, 5) is 11.8. The highest BCUT2D eigenvalue weighted by Gasteiger charge is 2.21. The molecule has 1 aromatic rings. The average Bonchev–Trinajstić information content (AvgIpc) is 2.46. The highest BCUT2D eigenvalue weighted by Crippen LogP contribution is 2.09. The number of amides is 1. The number of hydrogen-bond donors (Lipinski definition) is 1. The second-order valence-electron chi connectivity index (χ2n) is 4.11. The summed E-state index contributed by atoms with van der Waals surface area (Å²) in [5.41, 5.74) is 2.27. The van der Waals surface area contributed by atoms with Crippen LogP contribution in [0.15, 0.2) is 24.3 Å². The van der Waals surface area contributed by atoms with Crippen molar-refractivity contribution in [2.45, 2.75) is 18.0 Å². The summed E-state index contributed by atoms with van der Waals surface area (Å²) < 4.78 is 10.5. The fraction of sp³-hybridized carbons (Fsp3) is 0.462. The van der Waals surface area contributed by atoms with Crippen molar-refractivity contribution < 1.29 is 14.3 Å². The minimum atomic E-state index is -0.474. The molecule has 0 bridgehead atoms. The standard InChI is InChI=1S/C13H16BrNO3/c14-7-10-2-1-3-11(6-10)8-15-13(16)12-9-17-4-5-18-12/h1-3,6,12H,4-5,7-9H2,(H,15,16). The summed E-state index contributed by atoms with van der Waals surface area (Å²) in [5.74, 6) is -0.112. The van der Waals surface area contributed by atoms with E-state index in [4.69, 9.17) is 9.47 Å². The lowest BCUT2D eigenvalue weighted by Crippen LogP contribution is -2.42. The molecule has 1 aliphatic heterocycles. The molecule has 1 N–H and O–H groups in total. The van der Waals surface area contributed by atoms with Gasteiger partial charge in [-0.25, -0.2) is 0 Å². The van der Waals surface area contributed by atoms with Crippen LogP contribution in [0.3, 0.4) is 0 Å². The van der Waals surface area contributed by atoms with Crippen LogP contribution in [0.4, 0.5) is 0 Å². The predicted molar refractivity (Wildman–Crippen MR) is 71.5 cm³/mol. The minimum Gasteiger partial charge on any atom is -0.376 e. The molecule has 18 heavy (non-hydrogen) atoms. The number of carbonyl (C=O) groups is 1. The second-order valence-corrected chi connectivity index (χ2v) is 4.67. The van der Waals surface area contributed by atoms with Crippen molar-refractivity contribution in [3.63, 3.8) is 0 Å². The lowest BCUT2D eigenvalue weighted by Gasteiger charge is -2.22. The van der Waals surface area contributed by atoms with Crippen LogP contribution < -0.4 is 5.32 Å². The van der Waals surface area contributed by atoms with E-state index >= 15 is 0 Å². The van der Waals surface area contributed by atoms with Crippen LogP contribution in [0, 0.1) is 0 Å². The monoisotopic (exact) mass is 313 g/mol. The zero-order valence-corrected chi connectivity index (χ0v) is 11.6. The second kappa shape index (κ2) is 6.87. The highest BCUT2D eigenvalue weighted by atomic mass is 79.9. The van der Waals surface area contributed by atoms with Crippen molar-refractivity contribution in [3.05, 3.63) is 35.4 Å². The van der Waals surface area contributed by atoms with Gasteiger partial charge in [0, 0.05) is 11.9 Å². The van der Waals surface area contributed by atoms with E-state index in [1.165, 1.54) is 5.56 Å². The third-order valence-electron chi connectivity index (χ3n) is 2.72. The summed E-state index contributed by atoms with van der Waals surface area (Å²) >= 11 is 3.41. The molecule has 1 unspecified atom stereocenters.